The highest BCUT2D eigenvalue weighted by atomic mass is 32.2. The summed E-state index contributed by atoms with van der Waals surface area (Å²) in [5, 5.41) is 22.7. The first kappa shape index (κ1) is 24.4. The standard InChI is InChI=1S/C21H19F3N2O6S2/c22-21(23,24)16-11-14(25-32-16)15-7-8-17(33-15)34(30,31)26-20(18(28)29)12-19(20,9-4-10-27)13-5-2-1-3-6-13/h1-3,5-8,11,26-27H,4,9-10,12H2,(H,28,29)/t19-,20-/m0/s1. The molecule has 0 unspecified atom stereocenters. The van der Waals surface area contributed by atoms with Gasteiger partial charge in [-0.3, -0.25) is 4.79 Å². The highest BCUT2D eigenvalue weighted by Gasteiger charge is 2.74. The third kappa shape index (κ3) is 4.13. The number of hydrogen-bond acceptors (Lipinski definition) is 7. The van der Waals surface area contributed by atoms with Crippen molar-refractivity contribution in [2.24, 2.45) is 0 Å². The molecule has 0 aliphatic heterocycles. The minimum absolute atomic E-state index is 0.0188. The van der Waals surface area contributed by atoms with Gasteiger partial charge in [-0.2, -0.15) is 17.9 Å². The van der Waals surface area contributed by atoms with E-state index in [0.717, 1.165) is 0 Å². The molecule has 2 atom stereocenters. The smallest absolute Gasteiger partial charge is 0.452 e. The molecule has 3 aromatic rings. The number of thiophene rings is 1. The van der Waals surface area contributed by atoms with E-state index >= 15 is 0 Å². The molecule has 2 aromatic heterocycles. The SMILES string of the molecule is O=C(O)[C@@]1(NS(=O)(=O)c2ccc(-c3cc(C(F)(F)F)on3)s2)C[C@@]1(CCCO)c1ccccc1. The van der Waals surface area contributed by atoms with Crippen molar-refractivity contribution >= 4 is 27.3 Å². The lowest BCUT2D eigenvalue weighted by atomic mass is 9.86. The van der Waals surface area contributed by atoms with Crippen LogP contribution in [0.25, 0.3) is 10.6 Å². The number of halogens is 3. The van der Waals surface area contributed by atoms with E-state index in [2.05, 4.69) is 14.4 Å². The Morgan fingerprint density at radius 3 is 2.50 bits per heavy atom. The van der Waals surface area contributed by atoms with Gasteiger partial charge in [-0.15, -0.1) is 11.3 Å². The van der Waals surface area contributed by atoms with Gasteiger partial charge < -0.3 is 14.7 Å². The van der Waals surface area contributed by atoms with Gasteiger partial charge >= 0.3 is 12.1 Å². The molecule has 3 N–H and O–H groups in total. The van der Waals surface area contributed by atoms with Crippen molar-refractivity contribution in [3.05, 3.63) is 59.9 Å². The van der Waals surface area contributed by atoms with Crippen molar-refractivity contribution in [1.29, 1.82) is 0 Å². The van der Waals surface area contributed by atoms with Crippen LogP contribution in [0.2, 0.25) is 0 Å². The van der Waals surface area contributed by atoms with Crippen molar-refractivity contribution in [2.75, 3.05) is 6.61 Å². The number of rotatable bonds is 9. The summed E-state index contributed by atoms with van der Waals surface area (Å²) in [6.07, 6.45) is -4.26. The number of aliphatic hydroxyl groups is 1. The number of aromatic nitrogens is 1. The molecule has 0 spiro atoms. The molecule has 0 amide bonds. The van der Waals surface area contributed by atoms with Crippen LogP contribution in [0.5, 0.6) is 0 Å². The number of carboxylic acid groups (broad SMARTS) is 1. The zero-order valence-electron chi connectivity index (χ0n) is 17.4. The first-order valence-corrected chi connectivity index (χ1v) is 12.3. The van der Waals surface area contributed by atoms with Crippen LogP contribution in [0.3, 0.4) is 0 Å². The van der Waals surface area contributed by atoms with Crippen LogP contribution in [0.15, 0.2) is 57.3 Å². The Hall–Kier alpha value is -2.74. The second-order valence-electron chi connectivity index (χ2n) is 7.96. The van der Waals surface area contributed by atoms with E-state index in [4.69, 9.17) is 0 Å². The largest absolute Gasteiger partial charge is 0.480 e. The lowest BCUT2D eigenvalue weighted by molar-refractivity contribution is -0.155. The number of aliphatic carboxylic acids is 1. The van der Waals surface area contributed by atoms with E-state index in [1.165, 1.54) is 12.1 Å². The lowest BCUT2D eigenvalue weighted by Crippen LogP contribution is -2.48. The van der Waals surface area contributed by atoms with Gasteiger partial charge in [-0.1, -0.05) is 35.5 Å². The third-order valence-corrected chi connectivity index (χ3v) is 9.00. The Labute approximate surface area is 196 Å². The summed E-state index contributed by atoms with van der Waals surface area (Å²) in [6.45, 7) is -0.192. The van der Waals surface area contributed by atoms with Crippen molar-refractivity contribution in [2.45, 2.75) is 40.6 Å². The molecule has 1 saturated carbocycles. The molecule has 0 radical (unpaired) electrons. The lowest BCUT2D eigenvalue weighted by Gasteiger charge is -2.24. The molecule has 13 heteroatoms. The summed E-state index contributed by atoms with van der Waals surface area (Å²) < 4.78 is 71.0. The monoisotopic (exact) mass is 516 g/mol. The van der Waals surface area contributed by atoms with Crippen LogP contribution >= 0.6 is 11.3 Å². The van der Waals surface area contributed by atoms with Crippen molar-refractivity contribution in [3.63, 3.8) is 0 Å². The van der Waals surface area contributed by atoms with E-state index in [9.17, 15) is 36.6 Å². The van der Waals surface area contributed by atoms with Crippen LogP contribution in [-0.4, -0.2) is 41.9 Å². The van der Waals surface area contributed by atoms with Crippen LogP contribution in [0.4, 0.5) is 13.2 Å². The first-order chi connectivity index (χ1) is 16.0. The molecule has 1 aliphatic carbocycles. The van der Waals surface area contributed by atoms with E-state index in [-0.39, 0.29) is 40.6 Å². The number of aliphatic hydroxyl groups excluding tert-OH is 1. The molecule has 0 saturated heterocycles. The fraction of sp³-hybridized carbons (Fsp3) is 0.333. The highest BCUT2D eigenvalue weighted by molar-refractivity contribution is 7.91. The molecule has 34 heavy (non-hydrogen) atoms. The molecule has 1 fully saturated rings. The predicted molar refractivity (Wildman–Crippen MR) is 115 cm³/mol. The molecular weight excluding hydrogens is 497 g/mol. The maximum absolute atomic E-state index is 13.2. The Balaban J connectivity index is 1.65. The average molecular weight is 517 g/mol. The molecule has 1 aliphatic rings. The van der Waals surface area contributed by atoms with Crippen molar-refractivity contribution in [1.82, 2.24) is 9.88 Å². The van der Waals surface area contributed by atoms with Gasteiger partial charge in [0, 0.05) is 18.1 Å². The van der Waals surface area contributed by atoms with Crippen LogP contribution in [0, 0.1) is 0 Å². The van der Waals surface area contributed by atoms with E-state index < -0.39 is 38.9 Å². The molecule has 4 rings (SSSR count). The van der Waals surface area contributed by atoms with Gasteiger partial charge in [0.15, 0.2) is 0 Å². The summed E-state index contributed by atoms with van der Waals surface area (Å²) in [5.74, 6) is -2.68. The number of alkyl halides is 3. The van der Waals surface area contributed by atoms with Crippen molar-refractivity contribution < 1.29 is 41.1 Å². The average Bonchev–Trinajstić information content (AvgIpc) is 3.16. The quantitative estimate of drug-likeness (QED) is 0.396. The zero-order chi connectivity index (χ0) is 24.8. The maximum atomic E-state index is 13.2. The Kier molecular flexibility index (Phi) is 6.09. The van der Waals surface area contributed by atoms with Crippen LogP contribution < -0.4 is 4.72 Å². The second kappa shape index (κ2) is 8.48. The maximum Gasteiger partial charge on any atom is 0.452 e. The summed E-state index contributed by atoms with van der Waals surface area (Å²) in [6, 6.07) is 11.7. The van der Waals surface area contributed by atoms with Gasteiger partial charge in [-0.25, -0.2) is 8.42 Å². The molecule has 182 valence electrons. The van der Waals surface area contributed by atoms with E-state index in [1.54, 1.807) is 30.3 Å². The molecular formula is C21H19F3N2O6S2. The fourth-order valence-electron chi connectivity index (χ4n) is 4.21. The van der Waals surface area contributed by atoms with Gasteiger partial charge in [0.1, 0.15) is 15.4 Å². The summed E-state index contributed by atoms with van der Waals surface area (Å²) in [7, 11) is -4.37. The molecule has 0 bridgehead atoms. The Morgan fingerprint density at radius 1 is 1.21 bits per heavy atom. The van der Waals surface area contributed by atoms with E-state index in [1.807, 2.05) is 0 Å². The predicted octanol–water partition coefficient (Wildman–Crippen LogP) is 3.64. The van der Waals surface area contributed by atoms with Gasteiger partial charge in [0.05, 0.1) is 4.88 Å². The summed E-state index contributed by atoms with van der Waals surface area (Å²) in [5.41, 5.74) is -2.48. The molecule has 1 aromatic carbocycles. The summed E-state index contributed by atoms with van der Waals surface area (Å²) >= 11 is 0.638. The Bertz CT molecular complexity index is 1310. The van der Waals surface area contributed by atoms with Gasteiger partial charge in [0.2, 0.25) is 5.76 Å². The normalized spacial score (nSPS) is 22.6. The number of nitrogens with zero attached hydrogens (tertiary/aromatic N) is 1. The number of sulfonamides is 1. The van der Waals surface area contributed by atoms with E-state index in [0.29, 0.717) is 23.0 Å². The van der Waals surface area contributed by atoms with Gasteiger partial charge in [-0.05, 0) is 37.0 Å². The second-order valence-corrected chi connectivity index (χ2v) is 11.0. The zero-order valence-corrected chi connectivity index (χ0v) is 19.0. The Morgan fingerprint density at radius 2 is 1.91 bits per heavy atom. The molecule has 2 heterocycles. The van der Waals surface area contributed by atoms with Crippen LogP contribution in [-0.2, 0) is 26.4 Å². The minimum Gasteiger partial charge on any atom is -0.480 e. The van der Waals surface area contributed by atoms with Crippen LogP contribution in [0.1, 0.15) is 30.6 Å². The fourth-order valence-corrected chi connectivity index (χ4v) is 6.89. The van der Waals surface area contributed by atoms with Gasteiger partial charge in [0.25, 0.3) is 10.0 Å². The number of hydrogen-bond donors (Lipinski definition) is 3. The number of benzene rings is 1. The number of carboxylic acids is 1. The minimum atomic E-state index is -4.74. The van der Waals surface area contributed by atoms with Crippen molar-refractivity contribution in [3.8, 4) is 10.6 Å². The third-order valence-electron chi connectivity index (χ3n) is 5.91. The molecule has 8 nitrogen and oxygen atoms in total. The summed E-state index contributed by atoms with van der Waals surface area (Å²) in [4.78, 5) is 12.5. The topological polar surface area (TPSA) is 130 Å². The number of nitrogens with one attached hydrogen (secondary N) is 1. The first-order valence-electron chi connectivity index (χ1n) is 10.0. The highest BCUT2D eigenvalue weighted by Crippen LogP contribution is 2.61. The number of carbonyl (C=O) groups is 1.